The summed E-state index contributed by atoms with van der Waals surface area (Å²) in [5.74, 6) is -0.109. The van der Waals surface area contributed by atoms with Gasteiger partial charge in [0.05, 0.1) is 6.54 Å². The van der Waals surface area contributed by atoms with Gasteiger partial charge >= 0.3 is 0 Å². The van der Waals surface area contributed by atoms with Crippen LogP contribution in [0.3, 0.4) is 0 Å². The van der Waals surface area contributed by atoms with Crippen molar-refractivity contribution < 1.29 is 9.18 Å². The Kier molecular flexibility index (Phi) is 5.39. The third-order valence-electron chi connectivity index (χ3n) is 4.38. The summed E-state index contributed by atoms with van der Waals surface area (Å²) in [6, 6.07) is 17.1. The predicted octanol–water partition coefficient (Wildman–Crippen LogP) is 3.84. The molecule has 0 aliphatic carbocycles. The van der Waals surface area contributed by atoms with Crippen LogP contribution in [0.1, 0.15) is 21.6 Å². The number of amides is 1. The molecule has 0 bridgehead atoms. The molecule has 0 aliphatic heterocycles. The molecule has 1 amide bonds. The number of halogens is 2. The largest absolute Gasteiger partial charge is 0.346 e. The number of carbonyl (C=O) groups excluding carboxylic acids is 1. The second-order valence-corrected chi connectivity index (χ2v) is 6.88. The van der Waals surface area contributed by atoms with E-state index in [1.54, 1.807) is 33.5 Å². The first-order valence-electron chi connectivity index (χ1n) is 8.94. The molecule has 0 spiro atoms. The Morgan fingerprint density at radius 1 is 1.00 bits per heavy atom. The summed E-state index contributed by atoms with van der Waals surface area (Å²) >= 11 is 5.89. The third kappa shape index (κ3) is 4.35. The van der Waals surface area contributed by atoms with Crippen LogP contribution < -0.4 is 5.32 Å². The van der Waals surface area contributed by atoms with Crippen molar-refractivity contribution in [2.45, 2.75) is 13.1 Å². The number of aromatic nitrogens is 4. The zero-order chi connectivity index (χ0) is 20.2. The van der Waals surface area contributed by atoms with Crippen molar-refractivity contribution in [3.05, 3.63) is 101 Å². The number of hydrogen-bond donors (Lipinski definition) is 1. The van der Waals surface area contributed by atoms with E-state index >= 15 is 0 Å². The van der Waals surface area contributed by atoms with Crippen LogP contribution in [0.5, 0.6) is 0 Å². The quantitative estimate of drug-likeness (QED) is 0.526. The highest BCUT2D eigenvalue weighted by Gasteiger charge is 2.21. The SMILES string of the molecule is O=C(NCc1ccc(Cl)cc1)c1nnn(Cc2ccc(F)cc2)c1-n1cccc1. The molecule has 4 aromatic rings. The summed E-state index contributed by atoms with van der Waals surface area (Å²) in [6.07, 6.45) is 3.63. The lowest BCUT2D eigenvalue weighted by Gasteiger charge is -2.10. The smallest absolute Gasteiger partial charge is 0.276 e. The lowest BCUT2D eigenvalue weighted by molar-refractivity contribution is 0.0946. The van der Waals surface area contributed by atoms with Crippen molar-refractivity contribution in [2.24, 2.45) is 0 Å². The maximum absolute atomic E-state index is 13.2. The summed E-state index contributed by atoms with van der Waals surface area (Å²) in [7, 11) is 0. The molecule has 6 nitrogen and oxygen atoms in total. The Labute approximate surface area is 171 Å². The van der Waals surface area contributed by atoms with Gasteiger partial charge in [0.2, 0.25) is 0 Å². The fraction of sp³-hybridized carbons (Fsp3) is 0.0952. The molecule has 0 saturated heterocycles. The van der Waals surface area contributed by atoms with E-state index in [2.05, 4.69) is 15.6 Å². The van der Waals surface area contributed by atoms with Gasteiger partial charge in [0.15, 0.2) is 11.5 Å². The van der Waals surface area contributed by atoms with Crippen LogP contribution in [0, 0.1) is 5.82 Å². The lowest BCUT2D eigenvalue weighted by Crippen LogP contribution is -2.25. The minimum Gasteiger partial charge on any atom is -0.346 e. The fourth-order valence-corrected chi connectivity index (χ4v) is 3.05. The van der Waals surface area contributed by atoms with Crippen molar-refractivity contribution in [3.63, 3.8) is 0 Å². The van der Waals surface area contributed by atoms with E-state index in [9.17, 15) is 9.18 Å². The molecule has 2 aromatic carbocycles. The molecule has 0 aliphatic rings. The Balaban J connectivity index is 1.59. The van der Waals surface area contributed by atoms with Gasteiger partial charge in [-0.3, -0.25) is 4.79 Å². The average molecular weight is 410 g/mol. The van der Waals surface area contributed by atoms with E-state index < -0.39 is 0 Å². The first-order chi connectivity index (χ1) is 14.1. The van der Waals surface area contributed by atoms with Crippen LogP contribution in [0.2, 0.25) is 5.02 Å². The highest BCUT2D eigenvalue weighted by molar-refractivity contribution is 6.30. The summed E-state index contributed by atoms with van der Waals surface area (Å²) in [5.41, 5.74) is 1.97. The lowest BCUT2D eigenvalue weighted by atomic mass is 10.2. The van der Waals surface area contributed by atoms with E-state index in [0.29, 0.717) is 23.9 Å². The van der Waals surface area contributed by atoms with Crippen LogP contribution in [0.4, 0.5) is 4.39 Å². The summed E-state index contributed by atoms with van der Waals surface area (Å²) in [5, 5.41) is 11.7. The fourth-order valence-electron chi connectivity index (χ4n) is 2.92. The molecule has 2 heterocycles. The number of nitrogens with zero attached hydrogens (tertiary/aromatic N) is 4. The van der Waals surface area contributed by atoms with Crippen molar-refractivity contribution in [1.29, 1.82) is 0 Å². The van der Waals surface area contributed by atoms with Gasteiger partial charge in [-0.25, -0.2) is 9.07 Å². The van der Waals surface area contributed by atoms with E-state index in [4.69, 9.17) is 11.6 Å². The van der Waals surface area contributed by atoms with Crippen LogP contribution in [0.25, 0.3) is 5.82 Å². The summed E-state index contributed by atoms with van der Waals surface area (Å²) in [6.45, 7) is 0.692. The van der Waals surface area contributed by atoms with Gasteiger partial charge in [-0.15, -0.1) is 5.10 Å². The second-order valence-electron chi connectivity index (χ2n) is 6.45. The van der Waals surface area contributed by atoms with Crippen LogP contribution in [0.15, 0.2) is 73.1 Å². The molecule has 29 heavy (non-hydrogen) atoms. The second kappa shape index (κ2) is 8.28. The zero-order valence-electron chi connectivity index (χ0n) is 15.3. The highest BCUT2D eigenvalue weighted by atomic mass is 35.5. The van der Waals surface area contributed by atoms with E-state index in [-0.39, 0.29) is 17.4 Å². The Morgan fingerprint density at radius 3 is 2.34 bits per heavy atom. The molecule has 146 valence electrons. The molecule has 0 saturated carbocycles. The third-order valence-corrected chi connectivity index (χ3v) is 4.64. The number of carbonyl (C=O) groups is 1. The maximum Gasteiger partial charge on any atom is 0.276 e. The van der Waals surface area contributed by atoms with Gasteiger partial charge in [0, 0.05) is 24.0 Å². The molecule has 2 aromatic heterocycles. The first kappa shape index (κ1) is 18.9. The molecule has 0 radical (unpaired) electrons. The summed E-state index contributed by atoms with van der Waals surface area (Å²) in [4.78, 5) is 12.8. The van der Waals surface area contributed by atoms with Gasteiger partial charge in [-0.2, -0.15) is 0 Å². The molecule has 0 fully saturated rings. The highest BCUT2D eigenvalue weighted by Crippen LogP contribution is 2.16. The van der Waals surface area contributed by atoms with E-state index in [0.717, 1.165) is 11.1 Å². The van der Waals surface area contributed by atoms with Crippen molar-refractivity contribution in [3.8, 4) is 5.82 Å². The van der Waals surface area contributed by atoms with Gasteiger partial charge in [-0.05, 0) is 47.5 Å². The number of benzene rings is 2. The van der Waals surface area contributed by atoms with Crippen molar-refractivity contribution in [1.82, 2.24) is 24.9 Å². The monoisotopic (exact) mass is 409 g/mol. The van der Waals surface area contributed by atoms with E-state index in [1.807, 2.05) is 36.7 Å². The minimum atomic E-state index is -0.339. The normalized spacial score (nSPS) is 10.8. The Hall–Kier alpha value is -3.45. The van der Waals surface area contributed by atoms with Crippen molar-refractivity contribution >= 4 is 17.5 Å². The minimum absolute atomic E-state index is 0.206. The number of nitrogens with one attached hydrogen (secondary N) is 1. The number of hydrogen-bond acceptors (Lipinski definition) is 3. The molecule has 0 atom stereocenters. The molecule has 0 unspecified atom stereocenters. The van der Waals surface area contributed by atoms with Gasteiger partial charge in [0.1, 0.15) is 5.82 Å². The predicted molar refractivity (Wildman–Crippen MR) is 107 cm³/mol. The Bertz CT molecular complexity index is 1110. The van der Waals surface area contributed by atoms with Crippen LogP contribution in [-0.2, 0) is 13.1 Å². The number of rotatable bonds is 6. The van der Waals surface area contributed by atoms with Gasteiger partial charge < -0.3 is 9.88 Å². The van der Waals surface area contributed by atoms with E-state index in [1.165, 1.54) is 12.1 Å². The van der Waals surface area contributed by atoms with Crippen molar-refractivity contribution in [2.75, 3.05) is 0 Å². The molecular formula is C21H17ClFN5O. The topological polar surface area (TPSA) is 64.7 Å². The Morgan fingerprint density at radius 2 is 1.66 bits per heavy atom. The molecule has 8 heteroatoms. The maximum atomic E-state index is 13.2. The van der Waals surface area contributed by atoms with Crippen LogP contribution >= 0.6 is 11.6 Å². The summed E-state index contributed by atoms with van der Waals surface area (Å²) < 4.78 is 16.6. The molecule has 1 N–H and O–H groups in total. The molecular weight excluding hydrogens is 393 g/mol. The standard InChI is InChI=1S/C21H17ClFN5O/c22-17-7-3-15(4-8-17)13-24-20(29)19-21(27-11-1-2-12-27)28(26-25-19)14-16-5-9-18(23)10-6-16/h1-12H,13-14H2,(H,24,29). The van der Waals surface area contributed by atoms with Gasteiger partial charge in [-0.1, -0.05) is 41.1 Å². The van der Waals surface area contributed by atoms with Crippen LogP contribution in [-0.4, -0.2) is 25.5 Å². The molecule has 4 rings (SSSR count). The first-order valence-corrected chi connectivity index (χ1v) is 9.32. The zero-order valence-corrected chi connectivity index (χ0v) is 16.1. The average Bonchev–Trinajstić information content (AvgIpc) is 3.39. The van der Waals surface area contributed by atoms with Gasteiger partial charge in [0.25, 0.3) is 5.91 Å².